The summed E-state index contributed by atoms with van der Waals surface area (Å²) in [7, 11) is 0. The predicted octanol–water partition coefficient (Wildman–Crippen LogP) is 1.82. The van der Waals surface area contributed by atoms with Crippen LogP contribution in [0.15, 0.2) is 0 Å². The zero-order chi connectivity index (χ0) is 11.1. The van der Waals surface area contributed by atoms with Crippen LogP contribution in [0.25, 0.3) is 0 Å². The Hall–Kier alpha value is -0.120. The van der Waals surface area contributed by atoms with Gasteiger partial charge in [-0.15, -0.1) is 0 Å². The summed E-state index contributed by atoms with van der Waals surface area (Å²) < 4.78 is 11.4. The van der Waals surface area contributed by atoms with Gasteiger partial charge in [0.2, 0.25) is 0 Å². The highest BCUT2D eigenvalue weighted by atomic mass is 16.5. The van der Waals surface area contributed by atoms with E-state index in [0.717, 1.165) is 32.7 Å². The third-order valence-corrected chi connectivity index (χ3v) is 2.86. The molecule has 1 fully saturated rings. The molecule has 1 N–H and O–H groups in total. The van der Waals surface area contributed by atoms with E-state index in [9.17, 15) is 0 Å². The Morgan fingerprint density at radius 1 is 1.47 bits per heavy atom. The summed E-state index contributed by atoms with van der Waals surface area (Å²) in [5.74, 6) is 0.561. The summed E-state index contributed by atoms with van der Waals surface area (Å²) in [4.78, 5) is 0. The zero-order valence-corrected chi connectivity index (χ0v) is 10.3. The lowest BCUT2D eigenvalue weighted by Gasteiger charge is -2.23. The number of ether oxygens (including phenoxy) is 2. The summed E-state index contributed by atoms with van der Waals surface area (Å²) in [6.07, 6.45) is 3.00. The highest BCUT2D eigenvalue weighted by Crippen LogP contribution is 2.14. The van der Waals surface area contributed by atoms with E-state index >= 15 is 0 Å². The standard InChI is InChI=1S/C12H25NO2/c1-4-13-8-12(10(2)3)15-9-11-6-5-7-14-11/h10-13H,4-9H2,1-3H3. The molecule has 0 aliphatic carbocycles. The normalized spacial score (nSPS) is 23.6. The molecule has 0 amide bonds. The van der Waals surface area contributed by atoms with Crippen LogP contribution in [0.3, 0.4) is 0 Å². The van der Waals surface area contributed by atoms with Crippen molar-refractivity contribution >= 4 is 0 Å². The van der Waals surface area contributed by atoms with Gasteiger partial charge < -0.3 is 14.8 Å². The second-order valence-corrected chi connectivity index (χ2v) is 4.56. The molecule has 1 aliphatic heterocycles. The monoisotopic (exact) mass is 215 g/mol. The molecule has 3 heteroatoms. The topological polar surface area (TPSA) is 30.5 Å². The Bertz CT molecular complexity index is 156. The van der Waals surface area contributed by atoms with Crippen LogP contribution < -0.4 is 5.32 Å². The average molecular weight is 215 g/mol. The van der Waals surface area contributed by atoms with Crippen molar-refractivity contribution < 1.29 is 9.47 Å². The first-order valence-electron chi connectivity index (χ1n) is 6.18. The van der Waals surface area contributed by atoms with Gasteiger partial charge in [-0.25, -0.2) is 0 Å². The molecule has 1 heterocycles. The molecule has 1 saturated heterocycles. The van der Waals surface area contributed by atoms with Gasteiger partial charge in [-0.3, -0.25) is 0 Å². The van der Waals surface area contributed by atoms with Gasteiger partial charge in [0, 0.05) is 13.2 Å². The molecule has 3 nitrogen and oxygen atoms in total. The first-order valence-corrected chi connectivity index (χ1v) is 6.18. The summed E-state index contributed by atoms with van der Waals surface area (Å²) in [5, 5.41) is 3.34. The van der Waals surface area contributed by atoms with Crippen LogP contribution in [0.5, 0.6) is 0 Å². The molecule has 15 heavy (non-hydrogen) atoms. The second-order valence-electron chi connectivity index (χ2n) is 4.56. The van der Waals surface area contributed by atoms with Gasteiger partial charge in [0.05, 0.1) is 18.8 Å². The number of likely N-dealkylation sites (N-methyl/N-ethyl adjacent to an activating group) is 1. The fourth-order valence-corrected chi connectivity index (χ4v) is 1.78. The van der Waals surface area contributed by atoms with E-state index < -0.39 is 0 Å². The fourth-order valence-electron chi connectivity index (χ4n) is 1.78. The van der Waals surface area contributed by atoms with E-state index in [0.29, 0.717) is 18.1 Å². The molecule has 1 rings (SSSR count). The van der Waals surface area contributed by atoms with Crippen LogP contribution in [0.2, 0.25) is 0 Å². The minimum Gasteiger partial charge on any atom is -0.376 e. The van der Waals surface area contributed by atoms with Crippen LogP contribution in [-0.4, -0.2) is 38.5 Å². The first-order chi connectivity index (χ1) is 7.24. The first kappa shape index (κ1) is 12.9. The highest BCUT2D eigenvalue weighted by molar-refractivity contribution is 4.69. The molecular formula is C12H25NO2. The number of rotatable bonds is 7. The maximum absolute atomic E-state index is 5.90. The van der Waals surface area contributed by atoms with Crippen molar-refractivity contribution in [3.63, 3.8) is 0 Å². The molecule has 0 bridgehead atoms. The van der Waals surface area contributed by atoms with Crippen molar-refractivity contribution in [1.82, 2.24) is 5.32 Å². The highest BCUT2D eigenvalue weighted by Gasteiger charge is 2.19. The summed E-state index contributed by atoms with van der Waals surface area (Å²) in [6.45, 7) is 10.2. The quantitative estimate of drug-likeness (QED) is 0.702. The Kier molecular flexibility index (Phi) is 6.22. The molecule has 2 atom stereocenters. The van der Waals surface area contributed by atoms with E-state index in [1.165, 1.54) is 6.42 Å². The minimum atomic E-state index is 0.314. The third kappa shape index (κ3) is 4.96. The predicted molar refractivity (Wildman–Crippen MR) is 62.1 cm³/mol. The van der Waals surface area contributed by atoms with Crippen molar-refractivity contribution in [3.8, 4) is 0 Å². The van der Waals surface area contributed by atoms with Gasteiger partial charge in [0.1, 0.15) is 0 Å². The molecule has 0 aromatic rings. The van der Waals surface area contributed by atoms with E-state index in [4.69, 9.17) is 9.47 Å². The average Bonchev–Trinajstić information content (AvgIpc) is 2.70. The Morgan fingerprint density at radius 2 is 2.27 bits per heavy atom. The van der Waals surface area contributed by atoms with Crippen LogP contribution >= 0.6 is 0 Å². The van der Waals surface area contributed by atoms with E-state index in [-0.39, 0.29) is 0 Å². The largest absolute Gasteiger partial charge is 0.376 e. The lowest BCUT2D eigenvalue weighted by atomic mass is 10.1. The lowest BCUT2D eigenvalue weighted by molar-refractivity contribution is -0.0357. The van der Waals surface area contributed by atoms with Gasteiger partial charge >= 0.3 is 0 Å². The van der Waals surface area contributed by atoms with Gasteiger partial charge in [0.15, 0.2) is 0 Å². The molecule has 0 aromatic heterocycles. The lowest BCUT2D eigenvalue weighted by Crippen LogP contribution is -2.35. The maximum Gasteiger partial charge on any atom is 0.0809 e. The fraction of sp³-hybridized carbons (Fsp3) is 1.00. The van der Waals surface area contributed by atoms with Gasteiger partial charge in [-0.05, 0) is 25.3 Å². The van der Waals surface area contributed by atoms with Crippen molar-refractivity contribution in [2.45, 2.75) is 45.8 Å². The molecule has 0 saturated carbocycles. The molecule has 2 unspecified atom stereocenters. The van der Waals surface area contributed by atoms with E-state index in [2.05, 4.69) is 26.1 Å². The smallest absolute Gasteiger partial charge is 0.0809 e. The third-order valence-electron chi connectivity index (χ3n) is 2.86. The van der Waals surface area contributed by atoms with Crippen molar-refractivity contribution in [2.75, 3.05) is 26.3 Å². The summed E-state index contributed by atoms with van der Waals surface area (Å²) >= 11 is 0. The van der Waals surface area contributed by atoms with Crippen LogP contribution in [-0.2, 0) is 9.47 Å². The van der Waals surface area contributed by atoms with Gasteiger partial charge in [0.25, 0.3) is 0 Å². The van der Waals surface area contributed by atoms with Gasteiger partial charge in [-0.1, -0.05) is 20.8 Å². The van der Waals surface area contributed by atoms with Crippen LogP contribution in [0.4, 0.5) is 0 Å². The SMILES string of the molecule is CCNCC(OCC1CCCO1)C(C)C. The van der Waals surface area contributed by atoms with Crippen molar-refractivity contribution in [2.24, 2.45) is 5.92 Å². The van der Waals surface area contributed by atoms with E-state index in [1.807, 2.05) is 0 Å². The van der Waals surface area contributed by atoms with E-state index in [1.54, 1.807) is 0 Å². The second kappa shape index (κ2) is 7.20. The van der Waals surface area contributed by atoms with Crippen molar-refractivity contribution in [3.05, 3.63) is 0 Å². The molecular weight excluding hydrogens is 190 g/mol. The van der Waals surface area contributed by atoms with Crippen molar-refractivity contribution in [1.29, 1.82) is 0 Å². The summed E-state index contributed by atoms with van der Waals surface area (Å²) in [6, 6.07) is 0. The molecule has 0 aromatic carbocycles. The Morgan fingerprint density at radius 3 is 2.80 bits per heavy atom. The Labute approximate surface area is 93.5 Å². The summed E-state index contributed by atoms with van der Waals surface area (Å²) in [5.41, 5.74) is 0. The molecule has 1 aliphatic rings. The number of nitrogens with one attached hydrogen (secondary N) is 1. The molecule has 0 spiro atoms. The minimum absolute atomic E-state index is 0.314. The number of hydrogen-bond donors (Lipinski definition) is 1. The maximum atomic E-state index is 5.90. The van der Waals surface area contributed by atoms with Crippen LogP contribution in [0, 0.1) is 5.92 Å². The number of hydrogen-bond acceptors (Lipinski definition) is 3. The molecule has 90 valence electrons. The van der Waals surface area contributed by atoms with Crippen LogP contribution in [0.1, 0.15) is 33.6 Å². The molecule has 0 radical (unpaired) electrons. The van der Waals surface area contributed by atoms with Gasteiger partial charge in [-0.2, -0.15) is 0 Å². The zero-order valence-electron chi connectivity index (χ0n) is 10.3. The Balaban J connectivity index is 2.17.